The van der Waals surface area contributed by atoms with E-state index >= 15 is 0 Å². The predicted octanol–water partition coefficient (Wildman–Crippen LogP) is 3.73. The highest BCUT2D eigenvalue weighted by atomic mass is 16.2. The van der Waals surface area contributed by atoms with Crippen LogP contribution >= 0.6 is 0 Å². The van der Waals surface area contributed by atoms with E-state index in [1.165, 1.54) is 30.4 Å². The van der Waals surface area contributed by atoms with Gasteiger partial charge in [0, 0.05) is 12.1 Å². The number of rotatable bonds is 5. The zero-order chi connectivity index (χ0) is 16.1. The molecule has 3 nitrogen and oxygen atoms in total. The number of amides is 1. The molecule has 4 atom stereocenters. The van der Waals surface area contributed by atoms with Gasteiger partial charge in [-0.05, 0) is 50.7 Å². The molecule has 122 valence electrons. The second-order valence-corrected chi connectivity index (χ2v) is 6.84. The first-order valence-electron chi connectivity index (χ1n) is 8.61. The molecule has 0 bridgehead atoms. The summed E-state index contributed by atoms with van der Waals surface area (Å²) in [6.07, 6.45) is 4.88. The van der Waals surface area contributed by atoms with Crippen LogP contribution in [-0.4, -0.2) is 18.0 Å². The summed E-state index contributed by atoms with van der Waals surface area (Å²) in [7, 11) is 0. The van der Waals surface area contributed by atoms with Crippen molar-refractivity contribution >= 4 is 5.91 Å². The van der Waals surface area contributed by atoms with Crippen LogP contribution in [0.25, 0.3) is 0 Å². The molecule has 0 aliphatic heterocycles. The maximum Gasteiger partial charge on any atom is 0.237 e. The van der Waals surface area contributed by atoms with Gasteiger partial charge in [-0.3, -0.25) is 10.1 Å². The molecule has 1 aromatic carbocycles. The molecule has 1 aliphatic rings. The summed E-state index contributed by atoms with van der Waals surface area (Å²) in [6, 6.07) is 8.68. The number of benzene rings is 1. The summed E-state index contributed by atoms with van der Waals surface area (Å²) >= 11 is 0. The van der Waals surface area contributed by atoms with E-state index < -0.39 is 0 Å². The summed E-state index contributed by atoms with van der Waals surface area (Å²) in [6.45, 7) is 8.44. The van der Waals surface area contributed by atoms with Crippen LogP contribution in [0.3, 0.4) is 0 Å². The molecule has 1 saturated carbocycles. The van der Waals surface area contributed by atoms with Gasteiger partial charge in [0.1, 0.15) is 0 Å². The molecule has 3 heteroatoms. The Labute approximate surface area is 134 Å². The van der Waals surface area contributed by atoms with Gasteiger partial charge in [0.05, 0.1) is 6.04 Å². The molecule has 0 saturated heterocycles. The Morgan fingerprint density at radius 2 is 1.86 bits per heavy atom. The van der Waals surface area contributed by atoms with Gasteiger partial charge < -0.3 is 5.32 Å². The highest BCUT2D eigenvalue weighted by molar-refractivity contribution is 5.81. The van der Waals surface area contributed by atoms with Crippen LogP contribution in [0.2, 0.25) is 0 Å². The zero-order valence-electron chi connectivity index (χ0n) is 14.4. The molecule has 0 aromatic heterocycles. The van der Waals surface area contributed by atoms with Crippen LogP contribution < -0.4 is 10.6 Å². The van der Waals surface area contributed by atoms with E-state index in [1.54, 1.807) is 0 Å². The Kier molecular flexibility index (Phi) is 6.01. The maximum atomic E-state index is 12.4. The summed E-state index contributed by atoms with van der Waals surface area (Å²) in [4.78, 5) is 12.4. The first-order chi connectivity index (χ1) is 10.5. The summed E-state index contributed by atoms with van der Waals surface area (Å²) in [5.74, 6) is 0.720. The lowest BCUT2D eigenvalue weighted by molar-refractivity contribution is -0.124. The first-order valence-corrected chi connectivity index (χ1v) is 8.61. The quantitative estimate of drug-likeness (QED) is 0.870. The normalized spacial score (nSPS) is 24.5. The number of hydrogen-bond acceptors (Lipinski definition) is 2. The van der Waals surface area contributed by atoms with Crippen molar-refractivity contribution in [3.8, 4) is 0 Å². The fraction of sp³-hybridized carbons (Fsp3) is 0.632. The van der Waals surface area contributed by atoms with Gasteiger partial charge in [-0.1, -0.05) is 44.0 Å². The average molecular weight is 302 g/mol. The van der Waals surface area contributed by atoms with Crippen molar-refractivity contribution in [2.75, 3.05) is 0 Å². The minimum Gasteiger partial charge on any atom is -0.352 e. The summed E-state index contributed by atoms with van der Waals surface area (Å²) in [5.41, 5.74) is 2.52. The Bertz CT molecular complexity index is 500. The van der Waals surface area contributed by atoms with Gasteiger partial charge in [0.2, 0.25) is 5.91 Å². The molecule has 0 heterocycles. The van der Waals surface area contributed by atoms with E-state index in [-0.39, 0.29) is 18.0 Å². The minimum absolute atomic E-state index is 0.124. The molecule has 0 spiro atoms. The fourth-order valence-corrected chi connectivity index (χ4v) is 3.45. The van der Waals surface area contributed by atoms with E-state index in [0.29, 0.717) is 12.0 Å². The van der Waals surface area contributed by atoms with Gasteiger partial charge >= 0.3 is 0 Å². The molecule has 1 fully saturated rings. The third-order valence-electron chi connectivity index (χ3n) is 4.99. The fourth-order valence-electron chi connectivity index (χ4n) is 3.45. The van der Waals surface area contributed by atoms with Crippen LogP contribution in [-0.2, 0) is 4.79 Å². The lowest BCUT2D eigenvalue weighted by Crippen LogP contribution is -2.49. The maximum absolute atomic E-state index is 12.4. The van der Waals surface area contributed by atoms with Crippen LogP contribution in [0.1, 0.15) is 63.6 Å². The second kappa shape index (κ2) is 7.77. The van der Waals surface area contributed by atoms with Crippen LogP contribution in [0, 0.1) is 12.8 Å². The third-order valence-corrected chi connectivity index (χ3v) is 4.99. The largest absolute Gasteiger partial charge is 0.352 e. The Hall–Kier alpha value is -1.35. The standard InChI is InChI=1S/C19H30N2O/c1-13-9-5-7-11-17(13)15(3)20-16(4)19(22)21-18-12-8-6-10-14(18)2/h5,7,9,11,14-16,18,20H,6,8,10,12H2,1-4H3,(H,21,22). The lowest BCUT2D eigenvalue weighted by atomic mass is 9.86. The van der Waals surface area contributed by atoms with Crippen molar-refractivity contribution in [3.05, 3.63) is 35.4 Å². The topological polar surface area (TPSA) is 41.1 Å². The Balaban J connectivity index is 1.89. The molecule has 2 rings (SSSR count). The average Bonchev–Trinajstić information content (AvgIpc) is 2.49. The van der Waals surface area contributed by atoms with Crippen LogP contribution in [0.4, 0.5) is 0 Å². The Morgan fingerprint density at radius 1 is 1.18 bits per heavy atom. The highest BCUT2D eigenvalue weighted by Crippen LogP contribution is 2.24. The molecule has 0 radical (unpaired) electrons. The number of aryl methyl sites for hydroxylation is 1. The first kappa shape index (κ1) is 17.0. The van der Waals surface area contributed by atoms with Gasteiger partial charge in [-0.25, -0.2) is 0 Å². The number of nitrogens with one attached hydrogen (secondary N) is 2. The van der Waals surface area contributed by atoms with E-state index in [9.17, 15) is 4.79 Å². The van der Waals surface area contributed by atoms with Gasteiger partial charge in [0.15, 0.2) is 0 Å². The van der Waals surface area contributed by atoms with E-state index in [0.717, 1.165) is 6.42 Å². The molecular formula is C19H30N2O. The number of hydrogen-bond donors (Lipinski definition) is 2. The monoisotopic (exact) mass is 302 g/mol. The SMILES string of the molecule is Cc1ccccc1C(C)NC(C)C(=O)NC1CCCCC1C. The molecule has 22 heavy (non-hydrogen) atoms. The van der Waals surface area contributed by atoms with Gasteiger partial charge in [-0.15, -0.1) is 0 Å². The van der Waals surface area contributed by atoms with Crippen molar-refractivity contribution in [1.29, 1.82) is 0 Å². The smallest absolute Gasteiger partial charge is 0.237 e. The van der Waals surface area contributed by atoms with Crippen molar-refractivity contribution in [2.24, 2.45) is 5.92 Å². The van der Waals surface area contributed by atoms with Gasteiger partial charge in [0.25, 0.3) is 0 Å². The van der Waals surface area contributed by atoms with Crippen LogP contribution in [0.15, 0.2) is 24.3 Å². The van der Waals surface area contributed by atoms with Crippen LogP contribution in [0.5, 0.6) is 0 Å². The summed E-state index contributed by atoms with van der Waals surface area (Å²) in [5, 5.41) is 6.67. The minimum atomic E-state index is -0.177. The van der Waals surface area contributed by atoms with Crippen molar-refractivity contribution in [1.82, 2.24) is 10.6 Å². The number of carbonyl (C=O) groups is 1. The van der Waals surface area contributed by atoms with E-state index in [2.05, 4.69) is 49.6 Å². The molecule has 4 unspecified atom stereocenters. The summed E-state index contributed by atoms with van der Waals surface area (Å²) < 4.78 is 0. The molecule has 1 aromatic rings. The number of carbonyl (C=O) groups excluding carboxylic acids is 1. The van der Waals surface area contributed by atoms with Crippen molar-refractivity contribution in [3.63, 3.8) is 0 Å². The molecule has 1 amide bonds. The zero-order valence-corrected chi connectivity index (χ0v) is 14.4. The lowest BCUT2D eigenvalue weighted by Gasteiger charge is -2.31. The second-order valence-electron chi connectivity index (χ2n) is 6.84. The Morgan fingerprint density at radius 3 is 2.55 bits per heavy atom. The van der Waals surface area contributed by atoms with Crippen molar-refractivity contribution < 1.29 is 4.79 Å². The van der Waals surface area contributed by atoms with E-state index in [4.69, 9.17) is 0 Å². The van der Waals surface area contributed by atoms with Crippen molar-refractivity contribution in [2.45, 2.75) is 71.5 Å². The molecule has 1 aliphatic carbocycles. The van der Waals surface area contributed by atoms with E-state index in [1.807, 2.05) is 13.0 Å². The predicted molar refractivity (Wildman–Crippen MR) is 91.8 cm³/mol. The van der Waals surface area contributed by atoms with Gasteiger partial charge in [-0.2, -0.15) is 0 Å². The highest BCUT2D eigenvalue weighted by Gasteiger charge is 2.25. The molecular weight excluding hydrogens is 272 g/mol. The third kappa shape index (κ3) is 4.33. The molecule has 2 N–H and O–H groups in total.